The van der Waals surface area contributed by atoms with E-state index in [2.05, 4.69) is 27.7 Å². The lowest BCUT2D eigenvalue weighted by molar-refractivity contribution is 0.304. The fourth-order valence-electron chi connectivity index (χ4n) is 4.17. The van der Waals surface area contributed by atoms with Crippen molar-refractivity contribution in [3.63, 3.8) is 0 Å². The zero-order valence-corrected chi connectivity index (χ0v) is 21.8. The summed E-state index contributed by atoms with van der Waals surface area (Å²) in [6, 6.07) is 19.1. The van der Waals surface area contributed by atoms with Crippen LogP contribution in [0, 0.1) is 17.0 Å². The van der Waals surface area contributed by atoms with Gasteiger partial charge in [0.2, 0.25) is 0 Å². The number of hydrogen-bond acceptors (Lipinski definition) is 1. The van der Waals surface area contributed by atoms with Gasteiger partial charge in [-0.1, -0.05) is 108 Å². The van der Waals surface area contributed by atoms with Gasteiger partial charge in [-0.2, -0.15) is 0 Å². The van der Waals surface area contributed by atoms with Crippen molar-refractivity contribution in [1.82, 2.24) is 0 Å². The SMILES string of the molecule is CCCCCCCCOc1ccc(-c2ccc(-c3ccc(CCC(C)(C)C)c(F)c3F)cc2)cc1. The van der Waals surface area contributed by atoms with Crippen LogP contribution in [0.1, 0.15) is 78.2 Å². The molecule has 0 N–H and O–H groups in total. The van der Waals surface area contributed by atoms with Gasteiger partial charge in [0.1, 0.15) is 5.75 Å². The minimum atomic E-state index is -0.768. The number of aryl methyl sites for hydroxylation is 1. The first-order valence-electron chi connectivity index (χ1n) is 13.1. The van der Waals surface area contributed by atoms with E-state index in [0.29, 0.717) is 23.1 Å². The van der Waals surface area contributed by atoms with Crippen molar-refractivity contribution >= 4 is 0 Å². The van der Waals surface area contributed by atoms with E-state index >= 15 is 0 Å². The zero-order chi connectivity index (χ0) is 25.3. The third-order valence-electron chi connectivity index (χ3n) is 6.46. The summed E-state index contributed by atoms with van der Waals surface area (Å²) in [5.74, 6) is -0.619. The summed E-state index contributed by atoms with van der Waals surface area (Å²) in [5, 5.41) is 0. The predicted octanol–water partition coefficient (Wildman–Crippen LogP) is 10.0. The molecule has 0 aromatic heterocycles. The highest BCUT2D eigenvalue weighted by atomic mass is 19.2. The number of ether oxygens (including phenoxy) is 1. The van der Waals surface area contributed by atoms with Gasteiger partial charge in [0.15, 0.2) is 11.6 Å². The third-order valence-corrected chi connectivity index (χ3v) is 6.46. The van der Waals surface area contributed by atoms with Gasteiger partial charge >= 0.3 is 0 Å². The second kappa shape index (κ2) is 12.9. The summed E-state index contributed by atoms with van der Waals surface area (Å²) < 4.78 is 35.4. The summed E-state index contributed by atoms with van der Waals surface area (Å²) in [6.45, 7) is 9.30. The molecule has 0 radical (unpaired) electrons. The lowest BCUT2D eigenvalue weighted by Crippen LogP contribution is -2.08. The first kappa shape index (κ1) is 26.9. The molecule has 0 aliphatic carbocycles. The maximum absolute atomic E-state index is 14.9. The molecule has 1 nitrogen and oxygen atoms in total. The summed E-state index contributed by atoms with van der Waals surface area (Å²) in [4.78, 5) is 0. The molecule has 0 heterocycles. The number of rotatable bonds is 12. The molecular weight excluding hydrogens is 438 g/mol. The van der Waals surface area contributed by atoms with Crippen molar-refractivity contribution in [3.05, 3.63) is 77.9 Å². The highest BCUT2D eigenvalue weighted by molar-refractivity contribution is 5.71. The monoisotopic (exact) mass is 478 g/mol. The van der Waals surface area contributed by atoms with Crippen LogP contribution in [0.5, 0.6) is 5.75 Å². The van der Waals surface area contributed by atoms with Gasteiger partial charge in [0.25, 0.3) is 0 Å². The molecule has 3 aromatic carbocycles. The molecule has 3 heteroatoms. The Bertz CT molecular complexity index is 1050. The van der Waals surface area contributed by atoms with Crippen LogP contribution >= 0.6 is 0 Å². The average Bonchev–Trinajstić information content (AvgIpc) is 2.84. The van der Waals surface area contributed by atoms with Gasteiger partial charge in [-0.05, 0) is 59.1 Å². The Labute approximate surface area is 210 Å². The number of unbranched alkanes of at least 4 members (excludes halogenated alkanes) is 5. The van der Waals surface area contributed by atoms with Crippen molar-refractivity contribution in [2.75, 3.05) is 6.61 Å². The molecule has 0 atom stereocenters. The van der Waals surface area contributed by atoms with E-state index in [1.807, 2.05) is 48.5 Å². The highest BCUT2D eigenvalue weighted by Gasteiger charge is 2.17. The van der Waals surface area contributed by atoms with Crippen LogP contribution < -0.4 is 4.74 Å². The Morgan fingerprint density at radius 3 is 1.86 bits per heavy atom. The van der Waals surface area contributed by atoms with E-state index in [1.165, 1.54) is 32.1 Å². The van der Waals surface area contributed by atoms with Crippen molar-refractivity contribution < 1.29 is 13.5 Å². The first-order chi connectivity index (χ1) is 16.8. The fourth-order valence-corrected chi connectivity index (χ4v) is 4.17. The maximum Gasteiger partial charge on any atom is 0.166 e. The van der Waals surface area contributed by atoms with Crippen LogP contribution in [0.3, 0.4) is 0 Å². The lowest BCUT2D eigenvalue weighted by atomic mass is 9.88. The van der Waals surface area contributed by atoms with Crippen LogP contribution in [0.4, 0.5) is 8.78 Å². The van der Waals surface area contributed by atoms with Crippen molar-refractivity contribution in [2.45, 2.75) is 79.1 Å². The standard InChI is InChI=1S/C32H40F2O/c1-5-6-7-8-9-10-23-35-28-18-15-25(16-19-28)24-11-13-26(14-12-24)29-20-17-27(30(33)31(29)34)21-22-32(2,3)4/h11-20H,5-10,21-23H2,1-4H3. The molecule has 0 amide bonds. The molecule has 188 valence electrons. The van der Waals surface area contributed by atoms with Crippen molar-refractivity contribution in [2.24, 2.45) is 5.41 Å². The van der Waals surface area contributed by atoms with E-state index in [9.17, 15) is 8.78 Å². The lowest BCUT2D eigenvalue weighted by Gasteiger charge is -2.18. The Balaban J connectivity index is 1.59. The van der Waals surface area contributed by atoms with Gasteiger partial charge in [0, 0.05) is 5.56 Å². The van der Waals surface area contributed by atoms with Gasteiger partial charge in [0.05, 0.1) is 6.61 Å². The normalized spacial score (nSPS) is 11.6. The molecule has 0 unspecified atom stereocenters. The molecule has 0 saturated carbocycles. The van der Waals surface area contributed by atoms with Crippen molar-refractivity contribution in [3.8, 4) is 28.0 Å². The second-order valence-electron chi connectivity index (χ2n) is 10.7. The predicted molar refractivity (Wildman–Crippen MR) is 144 cm³/mol. The van der Waals surface area contributed by atoms with Crippen molar-refractivity contribution in [1.29, 1.82) is 0 Å². The van der Waals surface area contributed by atoms with E-state index < -0.39 is 11.6 Å². The third kappa shape index (κ3) is 8.19. The van der Waals surface area contributed by atoms with Gasteiger partial charge in [-0.25, -0.2) is 8.78 Å². The molecular formula is C32H40F2O. The molecule has 0 aliphatic heterocycles. The molecule has 0 spiro atoms. The van der Waals surface area contributed by atoms with Crippen LogP contribution in [0.15, 0.2) is 60.7 Å². The summed E-state index contributed by atoms with van der Waals surface area (Å²) in [7, 11) is 0. The van der Waals surface area contributed by atoms with Gasteiger partial charge in [-0.15, -0.1) is 0 Å². The molecule has 0 saturated heterocycles. The van der Waals surface area contributed by atoms with Gasteiger partial charge < -0.3 is 4.74 Å². The summed E-state index contributed by atoms with van der Waals surface area (Å²) in [6.07, 6.45) is 8.82. The summed E-state index contributed by atoms with van der Waals surface area (Å²) in [5.41, 5.74) is 3.58. The quantitative estimate of drug-likeness (QED) is 0.235. The Morgan fingerprint density at radius 2 is 1.23 bits per heavy atom. The van der Waals surface area contributed by atoms with E-state index in [4.69, 9.17) is 4.74 Å². The Kier molecular flexibility index (Phi) is 9.89. The smallest absolute Gasteiger partial charge is 0.166 e. The van der Waals surface area contributed by atoms with Gasteiger partial charge in [-0.3, -0.25) is 0 Å². The minimum absolute atomic E-state index is 0.0790. The van der Waals surface area contributed by atoms with Crippen LogP contribution in [-0.4, -0.2) is 6.61 Å². The largest absolute Gasteiger partial charge is 0.494 e. The Hall–Kier alpha value is -2.68. The molecule has 35 heavy (non-hydrogen) atoms. The number of benzene rings is 3. The van der Waals surface area contributed by atoms with E-state index in [0.717, 1.165) is 36.3 Å². The van der Waals surface area contributed by atoms with Crippen LogP contribution in [0.2, 0.25) is 0 Å². The molecule has 3 aromatic rings. The minimum Gasteiger partial charge on any atom is -0.494 e. The Morgan fingerprint density at radius 1 is 0.657 bits per heavy atom. The summed E-state index contributed by atoms with van der Waals surface area (Å²) >= 11 is 0. The maximum atomic E-state index is 14.9. The van der Waals surface area contributed by atoms with Crippen LogP contribution in [0.25, 0.3) is 22.3 Å². The number of hydrogen-bond donors (Lipinski definition) is 0. The molecule has 0 fully saturated rings. The zero-order valence-electron chi connectivity index (χ0n) is 21.8. The highest BCUT2D eigenvalue weighted by Crippen LogP contribution is 2.31. The molecule has 0 aliphatic rings. The second-order valence-corrected chi connectivity index (χ2v) is 10.7. The fraction of sp³-hybridized carbons (Fsp3) is 0.438. The van der Waals surface area contributed by atoms with Crippen LogP contribution in [-0.2, 0) is 6.42 Å². The molecule has 0 bridgehead atoms. The topological polar surface area (TPSA) is 9.23 Å². The van der Waals surface area contributed by atoms with E-state index in [1.54, 1.807) is 12.1 Å². The van der Waals surface area contributed by atoms with E-state index in [-0.39, 0.29) is 5.41 Å². The average molecular weight is 479 g/mol. The molecule has 3 rings (SSSR count). The first-order valence-corrected chi connectivity index (χ1v) is 13.1. The number of halogens is 2.